The number of carbonyl (C=O) groups is 4. The van der Waals surface area contributed by atoms with Gasteiger partial charge in [-0.3, -0.25) is 18.9 Å². The van der Waals surface area contributed by atoms with Crippen molar-refractivity contribution in [1.29, 1.82) is 0 Å². The summed E-state index contributed by atoms with van der Waals surface area (Å²) in [5, 5.41) is 7.22. The molecule has 4 N–H and O–H groups in total. The number of nitrogen functional groups attached to an aromatic ring is 1. The van der Waals surface area contributed by atoms with Gasteiger partial charge in [-0.2, -0.15) is 12.7 Å². The number of hydrogen-bond acceptors (Lipinski definition) is 11. The summed E-state index contributed by atoms with van der Waals surface area (Å²) >= 11 is 1.00. The van der Waals surface area contributed by atoms with Crippen molar-refractivity contribution in [1.82, 2.24) is 24.4 Å². The summed E-state index contributed by atoms with van der Waals surface area (Å²) in [4.78, 5) is 59.3. The number of rotatable bonds is 6. The molecule has 1 aromatic rings. The second-order valence-electron chi connectivity index (χ2n) is 6.07. The number of carbonyl (C=O) groups excluding carboxylic acids is 4. The Morgan fingerprint density at radius 1 is 1.43 bits per heavy atom. The lowest BCUT2D eigenvalue weighted by atomic mass is 10.0. The first kappa shape index (κ1) is 21.4. The first-order valence-electron chi connectivity index (χ1n) is 7.98. The van der Waals surface area contributed by atoms with Crippen molar-refractivity contribution in [2.75, 3.05) is 26.4 Å². The Bertz CT molecular complexity index is 1070. The molecular weight excluding hydrogens is 446 g/mol. The number of amides is 5. The fraction of sp³-hybridized carbons (Fsp3) is 0.385. The summed E-state index contributed by atoms with van der Waals surface area (Å²) < 4.78 is 32.5. The molecule has 0 aromatic carbocycles. The van der Waals surface area contributed by atoms with Crippen LogP contribution in [0.1, 0.15) is 5.69 Å². The Kier molecular flexibility index (Phi) is 5.35. The van der Waals surface area contributed by atoms with E-state index < -0.39 is 52.0 Å². The minimum absolute atomic E-state index is 0.0138. The van der Waals surface area contributed by atoms with Crippen LogP contribution in [0.4, 0.5) is 9.93 Å². The summed E-state index contributed by atoms with van der Waals surface area (Å²) in [6.07, 6.45) is -1.80. The molecule has 0 radical (unpaired) electrons. The van der Waals surface area contributed by atoms with E-state index in [0.717, 1.165) is 23.3 Å². The standard InChI is InChI=1S/C13H15N7O8S2/c1-18-3-6(21)19(13(18)24)10-8(11(23)20(10)30(25,26)27)16-9(22)7(17-28-2)5-4-29-12(14)15-5/h4,8,10H,3H2,1-2H3,(H2,14,15)(H,16,22)(H,25,26,27)/b17-7-/t8-,10-/m0/s1. The number of anilines is 1. The maximum atomic E-state index is 12.7. The Morgan fingerprint density at radius 3 is 2.57 bits per heavy atom. The highest BCUT2D eigenvalue weighted by molar-refractivity contribution is 7.84. The Morgan fingerprint density at radius 2 is 2.10 bits per heavy atom. The number of oxime groups is 1. The normalized spacial score (nSPS) is 22.4. The number of imide groups is 1. The molecule has 2 fully saturated rings. The SMILES string of the molecule is CO/N=C(\C(=O)N[C@@H]1C(=O)N(S(=O)(=O)O)[C@@H]1N1C(=O)CN(C)C1=O)c1csc(N)n1. The summed E-state index contributed by atoms with van der Waals surface area (Å²) in [5.41, 5.74) is 5.15. The summed E-state index contributed by atoms with van der Waals surface area (Å²) in [7, 11) is -2.70. The van der Waals surface area contributed by atoms with Crippen LogP contribution < -0.4 is 11.1 Å². The highest BCUT2D eigenvalue weighted by atomic mass is 32.2. The van der Waals surface area contributed by atoms with Crippen LogP contribution in [0.15, 0.2) is 10.5 Å². The van der Waals surface area contributed by atoms with Crippen LogP contribution in [0.2, 0.25) is 0 Å². The summed E-state index contributed by atoms with van der Waals surface area (Å²) in [6.45, 7) is -0.377. The Labute approximate surface area is 172 Å². The average Bonchev–Trinajstić information content (AvgIpc) is 3.17. The van der Waals surface area contributed by atoms with Gasteiger partial charge in [-0.25, -0.2) is 14.7 Å². The molecular formula is C13H15N7O8S2. The van der Waals surface area contributed by atoms with E-state index in [4.69, 9.17) is 5.73 Å². The van der Waals surface area contributed by atoms with Crippen LogP contribution in [-0.4, -0.2) is 94.4 Å². The van der Waals surface area contributed by atoms with E-state index in [2.05, 4.69) is 20.3 Å². The molecule has 162 valence electrons. The van der Waals surface area contributed by atoms with Crippen LogP contribution in [0.3, 0.4) is 0 Å². The molecule has 3 heterocycles. The number of thiazole rings is 1. The third kappa shape index (κ3) is 3.53. The van der Waals surface area contributed by atoms with Gasteiger partial charge in [0.25, 0.3) is 17.7 Å². The molecule has 2 atom stereocenters. The van der Waals surface area contributed by atoms with Gasteiger partial charge in [-0.15, -0.1) is 11.3 Å². The molecule has 0 saturated carbocycles. The quantitative estimate of drug-likeness (QED) is 0.133. The largest absolute Gasteiger partial charge is 0.398 e. The zero-order chi connectivity index (χ0) is 22.4. The second kappa shape index (κ2) is 7.50. The molecule has 0 unspecified atom stereocenters. The van der Waals surface area contributed by atoms with Gasteiger partial charge in [0, 0.05) is 12.4 Å². The highest BCUT2D eigenvalue weighted by Crippen LogP contribution is 2.30. The fourth-order valence-corrected chi connectivity index (χ4v) is 4.27. The molecule has 17 heteroatoms. The highest BCUT2D eigenvalue weighted by Gasteiger charge is 2.61. The van der Waals surface area contributed by atoms with Gasteiger partial charge in [-0.05, 0) is 0 Å². The van der Waals surface area contributed by atoms with E-state index in [1.54, 1.807) is 0 Å². The van der Waals surface area contributed by atoms with Crippen molar-refractivity contribution >= 4 is 56.2 Å². The number of nitrogens with two attached hydrogens (primary N) is 1. The zero-order valence-electron chi connectivity index (χ0n) is 15.4. The van der Waals surface area contributed by atoms with Crippen molar-refractivity contribution < 1.29 is 37.0 Å². The van der Waals surface area contributed by atoms with Crippen LogP contribution in [0.5, 0.6) is 0 Å². The van der Waals surface area contributed by atoms with E-state index in [9.17, 15) is 32.1 Å². The number of nitrogens with zero attached hydrogens (tertiary/aromatic N) is 5. The lowest BCUT2D eigenvalue weighted by molar-refractivity contribution is -0.154. The number of aromatic nitrogens is 1. The van der Waals surface area contributed by atoms with Gasteiger partial charge in [0.1, 0.15) is 19.3 Å². The number of hydrogen-bond donors (Lipinski definition) is 3. The Balaban J connectivity index is 1.92. The lowest BCUT2D eigenvalue weighted by Crippen LogP contribution is -2.77. The molecule has 2 aliphatic rings. The maximum absolute atomic E-state index is 12.7. The van der Waals surface area contributed by atoms with E-state index in [-0.39, 0.29) is 21.7 Å². The number of likely N-dealkylation sites (N-methyl/N-ethyl adjacent to an activating group) is 1. The van der Waals surface area contributed by atoms with Crippen LogP contribution in [-0.2, 0) is 29.5 Å². The summed E-state index contributed by atoms with van der Waals surface area (Å²) in [5.74, 6) is -3.11. The first-order chi connectivity index (χ1) is 14.0. The predicted molar refractivity (Wildman–Crippen MR) is 99.1 cm³/mol. The van der Waals surface area contributed by atoms with Crippen LogP contribution in [0, 0.1) is 0 Å². The van der Waals surface area contributed by atoms with E-state index in [0.29, 0.717) is 4.90 Å². The minimum Gasteiger partial charge on any atom is -0.398 e. The fourth-order valence-electron chi connectivity index (χ4n) is 2.89. The van der Waals surface area contributed by atoms with Gasteiger partial charge in [-0.1, -0.05) is 5.16 Å². The van der Waals surface area contributed by atoms with Crippen LogP contribution >= 0.6 is 11.3 Å². The van der Waals surface area contributed by atoms with Crippen molar-refractivity contribution in [2.45, 2.75) is 12.2 Å². The topological polar surface area (TPSA) is 205 Å². The third-order valence-electron chi connectivity index (χ3n) is 4.16. The number of nitrogens with one attached hydrogen (secondary N) is 1. The minimum atomic E-state index is -5.13. The van der Waals surface area contributed by atoms with E-state index in [1.165, 1.54) is 12.4 Å². The van der Waals surface area contributed by atoms with Crippen molar-refractivity contribution in [3.63, 3.8) is 0 Å². The van der Waals surface area contributed by atoms with Gasteiger partial charge in [0.2, 0.25) is 0 Å². The molecule has 15 nitrogen and oxygen atoms in total. The van der Waals surface area contributed by atoms with E-state index >= 15 is 0 Å². The molecule has 5 amide bonds. The number of β-lactam (4-membered cyclic amide) rings is 1. The molecule has 2 saturated heterocycles. The van der Waals surface area contributed by atoms with Crippen molar-refractivity contribution in [2.24, 2.45) is 5.16 Å². The summed E-state index contributed by atoms with van der Waals surface area (Å²) in [6, 6.07) is -2.58. The predicted octanol–water partition coefficient (Wildman–Crippen LogP) is -2.57. The molecule has 30 heavy (non-hydrogen) atoms. The molecule has 0 bridgehead atoms. The monoisotopic (exact) mass is 461 g/mol. The molecule has 0 spiro atoms. The first-order valence-corrected chi connectivity index (χ1v) is 10.3. The van der Waals surface area contributed by atoms with Crippen LogP contribution in [0.25, 0.3) is 0 Å². The van der Waals surface area contributed by atoms with Gasteiger partial charge in [0.05, 0.1) is 0 Å². The zero-order valence-corrected chi connectivity index (χ0v) is 17.0. The van der Waals surface area contributed by atoms with Gasteiger partial charge >= 0.3 is 16.3 Å². The smallest absolute Gasteiger partial charge is 0.364 e. The molecule has 1 aromatic heterocycles. The molecule has 3 rings (SSSR count). The van der Waals surface area contributed by atoms with Gasteiger partial charge in [0.15, 0.2) is 23.1 Å². The van der Waals surface area contributed by atoms with Gasteiger partial charge < -0.3 is 20.8 Å². The Hall–Kier alpha value is -3.31. The average molecular weight is 461 g/mol. The molecule has 2 aliphatic heterocycles. The second-order valence-corrected chi connectivity index (χ2v) is 8.25. The van der Waals surface area contributed by atoms with Crippen molar-refractivity contribution in [3.8, 4) is 0 Å². The third-order valence-corrected chi connectivity index (χ3v) is 5.72. The molecule has 0 aliphatic carbocycles. The number of urea groups is 1. The maximum Gasteiger partial charge on any atom is 0.364 e. The lowest BCUT2D eigenvalue weighted by Gasteiger charge is -2.46. The van der Waals surface area contributed by atoms with Crippen molar-refractivity contribution in [3.05, 3.63) is 11.1 Å². The van der Waals surface area contributed by atoms with E-state index in [1.807, 2.05) is 0 Å².